The van der Waals surface area contributed by atoms with Gasteiger partial charge in [-0.2, -0.15) is 0 Å². The number of ether oxygens (including phenoxy) is 3. The van der Waals surface area contributed by atoms with Crippen LogP contribution in [0.5, 0.6) is 5.75 Å². The largest absolute Gasteiger partial charge is 0.480 e. The summed E-state index contributed by atoms with van der Waals surface area (Å²) in [5.41, 5.74) is 23.3. The summed E-state index contributed by atoms with van der Waals surface area (Å²) in [5, 5.41) is 8.69. The summed E-state index contributed by atoms with van der Waals surface area (Å²) >= 11 is 0. The van der Waals surface area contributed by atoms with Gasteiger partial charge in [0.2, 0.25) is 0 Å². The van der Waals surface area contributed by atoms with E-state index in [4.69, 9.17) is 37.5 Å². The monoisotopic (exact) mass is 510 g/mol. The summed E-state index contributed by atoms with van der Waals surface area (Å²) < 4.78 is 14.9. The van der Waals surface area contributed by atoms with Gasteiger partial charge in [-0.3, -0.25) is 14.4 Å². The molecule has 200 valence electrons. The van der Waals surface area contributed by atoms with Crippen LogP contribution < -0.4 is 27.7 Å². The van der Waals surface area contributed by atoms with Crippen LogP contribution in [0, 0.1) is 5.92 Å². The van der Waals surface area contributed by atoms with Crippen molar-refractivity contribution in [3.63, 3.8) is 0 Å². The van der Waals surface area contributed by atoms with Gasteiger partial charge < -0.3 is 42.3 Å². The van der Waals surface area contributed by atoms with E-state index in [1.165, 1.54) is 19.1 Å². The molecule has 0 radical (unpaired) electrons. The average molecular weight is 511 g/mol. The second-order valence-corrected chi connectivity index (χ2v) is 8.59. The van der Waals surface area contributed by atoms with Gasteiger partial charge in [0.1, 0.15) is 36.0 Å². The van der Waals surface area contributed by atoms with Crippen molar-refractivity contribution >= 4 is 29.8 Å². The van der Waals surface area contributed by atoms with E-state index >= 15 is 0 Å². The number of rotatable bonds is 13. The van der Waals surface area contributed by atoms with Crippen LogP contribution in [0.1, 0.15) is 39.2 Å². The Bertz CT molecular complexity index is 936. The number of nitrogens with two attached hydrogens (primary N) is 4. The first-order valence-corrected chi connectivity index (χ1v) is 11.2. The highest BCUT2D eigenvalue weighted by atomic mass is 16.6. The predicted molar refractivity (Wildman–Crippen MR) is 126 cm³/mol. The summed E-state index contributed by atoms with van der Waals surface area (Å²) in [7, 11) is 0. The number of carboxylic acid groups (broad SMARTS) is 1. The summed E-state index contributed by atoms with van der Waals surface area (Å²) in [4.78, 5) is 58.6. The van der Waals surface area contributed by atoms with Crippen LogP contribution in [-0.4, -0.2) is 65.2 Å². The third kappa shape index (κ3) is 10.1. The van der Waals surface area contributed by atoms with Crippen LogP contribution in [-0.2, 0) is 39.9 Å². The minimum absolute atomic E-state index is 0.0767. The first-order valence-electron chi connectivity index (χ1n) is 11.2. The van der Waals surface area contributed by atoms with E-state index in [1.807, 2.05) is 0 Å². The van der Waals surface area contributed by atoms with Crippen molar-refractivity contribution in [2.45, 2.75) is 70.3 Å². The van der Waals surface area contributed by atoms with Gasteiger partial charge in [-0.05, 0) is 43.4 Å². The molecule has 0 bridgehead atoms. The van der Waals surface area contributed by atoms with Crippen molar-refractivity contribution in [2.24, 2.45) is 28.9 Å². The Morgan fingerprint density at radius 1 is 0.833 bits per heavy atom. The number of carbonyl (C=O) groups is 5. The van der Waals surface area contributed by atoms with Crippen molar-refractivity contribution in [1.29, 1.82) is 0 Å². The van der Waals surface area contributed by atoms with Crippen LogP contribution in [0.3, 0.4) is 0 Å². The first-order chi connectivity index (χ1) is 16.7. The number of aliphatic carboxylic acids is 1. The lowest BCUT2D eigenvalue weighted by Crippen LogP contribution is -2.47. The van der Waals surface area contributed by atoms with E-state index in [0.29, 0.717) is 5.56 Å². The van der Waals surface area contributed by atoms with Gasteiger partial charge in [-0.15, -0.1) is 0 Å². The fourth-order valence-corrected chi connectivity index (χ4v) is 2.65. The molecular formula is C23H34N4O9. The van der Waals surface area contributed by atoms with Gasteiger partial charge in [0.25, 0.3) is 0 Å². The van der Waals surface area contributed by atoms with Crippen LogP contribution >= 0.6 is 0 Å². The Kier molecular flexibility index (Phi) is 12.1. The Morgan fingerprint density at radius 2 is 1.42 bits per heavy atom. The van der Waals surface area contributed by atoms with E-state index in [-0.39, 0.29) is 24.5 Å². The number of carboxylic acids is 1. The Labute approximate surface area is 208 Å². The molecular weight excluding hydrogens is 476 g/mol. The summed E-state index contributed by atoms with van der Waals surface area (Å²) in [6.07, 6.45) is -1.73. The van der Waals surface area contributed by atoms with Gasteiger partial charge in [0, 0.05) is 6.42 Å². The molecule has 13 heteroatoms. The number of hydrogen-bond donors (Lipinski definition) is 5. The molecule has 0 aliphatic carbocycles. The molecule has 0 unspecified atom stereocenters. The van der Waals surface area contributed by atoms with Crippen LogP contribution in [0.2, 0.25) is 0 Å². The maximum atomic E-state index is 12.3. The smallest absolute Gasteiger partial charge is 0.334 e. The molecule has 0 fully saturated rings. The minimum Gasteiger partial charge on any atom is -0.480 e. The van der Waals surface area contributed by atoms with Crippen molar-refractivity contribution < 1.29 is 43.3 Å². The molecule has 36 heavy (non-hydrogen) atoms. The molecule has 0 aliphatic rings. The van der Waals surface area contributed by atoms with E-state index in [0.717, 1.165) is 0 Å². The number of carbonyl (C=O) groups excluding carboxylic acids is 4. The molecule has 1 aromatic rings. The summed E-state index contributed by atoms with van der Waals surface area (Å²) in [6, 6.07) is 1.68. The Morgan fingerprint density at radius 3 is 1.94 bits per heavy atom. The number of esters is 4. The fraction of sp³-hybridized carbons (Fsp3) is 0.522. The molecule has 0 aliphatic heterocycles. The molecule has 1 aromatic carbocycles. The fourth-order valence-electron chi connectivity index (χ4n) is 2.65. The third-order valence-corrected chi connectivity index (χ3v) is 5.16. The molecule has 0 saturated heterocycles. The van der Waals surface area contributed by atoms with E-state index < -0.39 is 66.5 Å². The van der Waals surface area contributed by atoms with Gasteiger partial charge in [0.05, 0.1) is 0 Å². The van der Waals surface area contributed by atoms with Crippen LogP contribution in [0.25, 0.3) is 0 Å². The summed E-state index contributed by atoms with van der Waals surface area (Å²) in [5.74, 6) is -4.67. The molecule has 13 nitrogen and oxygen atoms in total. The van der Waals surface area contributed by atoms with E-state index in [2.05, 4.69) is 4.74 Å². The quantitative estimate of drug-likeness (QED) is 0.121. The van der Waals surface area contributed by atoms with Gasteiger partial charge in [0.15, 0.2) is 0 Å². The molecule has 9 N–H and O–H groups in total. The zero-order valence-electron chi connectivity index (χ0n) is 20.4. The Balaban J connectivity index is 2.55. The maximum absolute atomic E-state index is 12.3. The highest BCUT2D eigenvalue weighted by Crippen LogP contribution is 2.15. The lowest BCUT2D eigenvalue weighted by atomic mass is 10.1. The minimum atomic E-state index is -1.48. The van der Waals surface area contributed by atoms with Gasteiger partial charge in [-0.1, -0.05) is 26.0 Å². The van der Waals surface area contributed by atoms with Crippen LogP contribution in [0.15, 0.2) is 24.3 Å². The van der Waals surface area contributed by atoms with Crippen LogP contribution in [0.4, 0.5) is 0 Å². The van der Waals surface area contributed by atoms with Gasteiger partial charge in [-0.25, -0.2) is 9.59 Å². The molecule has 0 spiro atoms. The first kappa shape index (κ1) is 30.6. The molecule has 5 atom stereocenters. The molecule has 1 rings (SSSR count). The van der Waals surface area contributed by atoms with Crippen molar-refractivity contribution in [3.05, 3.63) is 29.8 Å². The summed E-state index contributed by atoms with van der Waals surface area (Å²) in [6.45, 7) is 4.92. The SMILES string of the molecule is CC(C)[C@H](N)C(=O)Oc1ccc(C[C@H](N)C(=O)O[C@H](C)[C@H](N)C(=O)OC(=O)CC[C@H](N)C(=O)O)cc1. The zero-order chi connectivity index (χ0) is 27.6. The van der Waals surface area contributed by atoms with E-state index in [1.54, 1.807) is 26.0 Å². The number of hydrogen-bond acceptors (Lipinski definition) is 12. The maximum Gasteiger partial charge on any atom is 0.334 e. The molecule has 0 aromatic heterocycles. The normalized spacial score (nSPS) is 15.2. The molecule has 0 amide bonds. The second-order valence-electron chi connectivity index (χ2n) is 8.59. The lowest BCUT2D eigenvalue weighted by Gasteiger charge is -2.21. The Hall–Kier alpha value is -3.39. The standard InChI is InChI=1S/C23H34N4O9/c1-11(2)18(26)22(32)35-14-6-4-13(5-7-14)10-16(25)21(31)34-12(3)19(27)23(33)36-17(28)9-8-15(24)20(29)30/h4-7,11-12,15-16,18-19H,8-10,24-27H2,1-3H3,(H,29,30)/t12-,15+,16+,18+,19+/m1/s1. The zero-order valence-corrected chi connectivity index (χ0v) is 20.4. The van der Waals surface area contributed by atoms with Crippen molar-refractivity contribution in [3.8, 4) is 5.75 Å². The topological polar surface area (TPSA) is 237 Å². The predicted octanol–water partition coefficient (Wildman–Crippen LogP) is -1.03. The lowest BCUT2D eigenvalue weighted by molar-refractivity contribution is -0.164. The molecule has 0 heterocycles. The number of benzene rings is 1. The third-order valence-electron chi connectivity index (χ3n) is 5.16. The highest BCUT2D eigenvalue weighted by molar-refractivity contribution is 5.89. The van der Waals surface area contributed by atoms with Crippen molar-refractivity contribution in [2.75, 3.05) is 0 Å². The highest BCUT2D eigenvalue weighted by Gasteiger charge is 2.29. The van der Waals surface area contributed by atoms with E-state index in [9.17, 15) is 24.0 Å². The second kappa shape index (κ2) is 14.2. The van der Waals surface area contributed by atoms with Crippen molar-refractivity contribution in [1.82, 2.24) is 0 Å². The average Bonchev–Trinajstić information content (AvgIpc) is 2.82. The molecule has 0 saturated carbocycles. The van der Waals surface area contributed by atoms with Gasteiger partial charge >= 0.3 is 29.8 Å².